The first-order valence-electron chi connectivity index (χ1n) is 8.60. The number of fused-ring (bicyclic) bond motifs is 1. The second-order valence-electron chi connectivity index (χ2n) is 6.60. The van der Waals surface area contributed by atoms with Crippen molar-refractivity contribution < 1.29 is 27.8 Å². The average molecular weight is 381 g/mol. The van der Waals surface area contributed by atoms with Crippen LogP contribution in [0.3, 0.4) is 0 Å². The summed E-state index contributed by atoms with van der Waals surface area (Å²) in [6.45, 7) is -0.714. The number of hydrazone groups is 1. The van der Waals surface area contributed by atoms with Gasteiger partial charge in [0.05, 0.1) is 17.6 Å². The van der Waals surface area contributed by atoms with E-state index < -0.39 is 30.3 Å². The van der Waals surface area contributed by atoms with E-state index in [0.29, 0.717) is 24.8 Å². The van der Waals surface area contributed by atoms with E-state index in [0.717, 1.165) is 6.42 Å². The standard InChI is InChI=1S/C18H18F3N3O3/c19-18(20,21)17(26)14-4-2-1-3-5-15(14)23-24(17)16(25)11-27-13-8-6-12(10-22)7-9-13/h6-9,14,26H,1-5,11H2/t14-,17-/m0/s1. The summed E-state index contributed by atoms with van der Waals surface area (Å²) in [6.07, 6.45) is -2.63. The van der Waals surface area contributed by atoms with Gasteiger partial charge in [-0.2, -0.15) is 28.5 Å². The van der Waals surface area contributed by atoms with Gasteiger partial charge in [-0.05, 0) is 43.5 Å². The second kappa shape index (κ2) is 7.19. The Bertz CT molecular complexity index is 786. The van der Waals surface area contributed by atoms with Crippen LogP contribution in [0, 0.1) is 17.2 Å². The van der Waals surface area contributed by atoms with Gasteiger partial charge in [0.1, 0.15) is 5.75 Å². The van der Waals surface area contributed by atoms with Crippen molar-refractivity contribution in [1.82, 2.24) is 5.01 Å². The number of hydrogen-bond acceptors (Lipinski definition) is 5. The SMILES string of the molecule is N#Cc1ccc(OCC(=O)N2N=C3CCCCC[C@@H]3[C@]2(O)C(F)(F)F)cc1. The highest BCUT2D eigenvalue weighted by Crippen LogP contribution is 2.47. The van der Waals surface area contributed by atoms with Crippen LogP contribution in [-0.4, -0.2) is 40.2 Å². The van der Waals surface area contributed by atoms with Gasteiger partial charge in [0.2, 0.25) is 0 Å². The quantitative estimate of drug-likeness (QED) is 0.872. The smallest absolute Gasteiger partial charge is 0.439 e. The molecule has 1 amide bonds. The summed E-state index contributed by atoms with van der Waals surface area (Å²) >= 11 is 0. The second-order valence-corrected chi connectivity index (χ2v) is 6.60. The molecule has 1 fully saturated rings. The van der Waals surface area contributed by atoms with Crippen molar-refractivity contribution in [3.8, 4) is 11.8 Å². The van der Waals surface area contributed by atoms with Crippen LogP contribution in [0.4, 0.5) is 13.2 Å². The summed E-state index contributed by atoms with van der Waals surface area (Å²) in [5, 5.41) is 23.2. The van der Waals surface area contributed by atoms with Gasteiger partial charge in [-0.3, -0.25) is 4.79 Å². The van der Waals surface area contributed by atoms with Crippen molar-refractivity contribution in [3.63, 3.8) is 0 Å². The number of amides is 1. The molecule has 1 aromatic carbocycles. The lowest BCUT2D eigenvalue weighted by Crippen LogP contribution is -2.61. The molecule has 6 nitrogen and oxygen atoms in total. The highest BCUT2D eigenvalue weighted by Gasteiger charge is 2.68. The number of benzene rings is 1. The number of ether oxygens (including phenoxy) is 1. The van der Waals surface area contributed by atoms with Crippen LogP contribution >= 0.6 is 0 Å². The molecular weight excluding hydrogens is 363 g/mol. The van der Waals surface area contributed by atoms with Gasteiger partial charge < -0.3 is 9.84 Å². The van der Waals surface area contributed by atoms with E-state index >= 15 is 0 Å². The molecule has 0 bridgehead atoms. The molecule has 1 aliphatic carbocycles. The summed E-state index contributed by atoms with van der Waals surface area (Å²) in [6, 6.07) is 7.70. The third kappa shape index (κ3) is 3.49. The fourth-order valence-electron chi connectivity index (χ4n) is 3.47. The van der Waals surface area contributed by atoms with Crippen LogP contribution in [0.2, 0.25) is 0 Å². The van der Waals surface area contributed by atoms with Crippen molar-refractivity contribution in [2.24, 2.45) is 11.0 Å². The van der Waals surface area contributed by atoms with E-state index in [1.54, 1.807) is 0 Å². The first-order valence-corrected chi connectivity index (χ1v) is 8.60. The third-order valence-electron chi connectivity index (χ3n) is 4.86. The number of nitrogens with zero attached hydrogens (tertiary/aromatic N) is 3. The number of alkyl halides is 3. The van der Waals surface area contributed by atoms with Crippen molar-refractivity contribution in [3.05, 3.63) is 29.8 Å². The lowest BCUT2D eigenvalue weighted by molar-refractivity contribution is -0.317. The molecule has 0 spiro atoms. The largest absolute Gasteiger partial charge is 0.484 e. The Kier molecular flexibility index (Phi) is 5.11. The van der Waals surface area contributed by atoms with Crippen molar-refractivity contribution in [2.45, 2.75) is 44.0 Å². The zero-order valence-electron chi connectivity index (χ0n) is 14.4. The van der Waals surface area contributed by atoms with Gasteiger partial charge in [-0.15, -0.1) is 0 Å². The molecule has 1 saturated carbocycles. The molecule has 144 valence electrons. The molecular formula is C18H18F3N3O3. The Morgan fingerprint density at radius 1 is 1.33 bits per heavy atom. The first-order chi connectivity index (χ1) is 12.8. The van der Waals surface area contributed by atoms with Crippen molar-refractivity contribution >= 4 is 11.6 Å². The first kappa shape index (κ1) is 19.2. The molecule has 0 aromatic heterocycles. The van der Waals surface area contributed by atoms with E-state index in [4.69, 9.17) is 10.00 Å². The predicted octanol–water partition coefficient (Wildman–Crippen LogP) is 2.97. The maximum absolute atomic E-state index is 13.7. The number of nitriles is 1. The predicted molar refractivity (Wildman–Crippen MR) is 88.5 cm³/mol. The lowest BCUT2D eigenvalue weighted by Gasteiger charge is -2.37. The molecule has 1 N–H and O–H groups in total. The molecule has 0 saturated heterocycles. The van der Waals surface area contributed by atoms with E-state index in [1.165, 1.54) is 24.3 Å². The maximum Gasteiger partial charge on any atom is 0.439 e. The van der Waals surface area contributed by atoms with Gasteiger partial charge >= 0.3 is 6.18 Å². The molecule has 27 heavy (non-hydrogen) atoms. The zero-order valence-corrected chi connectivity index (χ0v) is 14.4. The van der Waals surface area contributed by atoms with Gasteiger partial charge in [-0.25, -0.2) is 0 Å². The van der Waals surface area contributed by atoms with Crippen molar-refractivity contribution in [1.29, 1.82) is 5.26 Å². The highest BCUT2D eigenvalue weighted by molar-refractivity contribution is 5.93. The number of rotatable bonds is 3. The Labute approximate surface area is 153 Å². The number of aliphatic hydroxyl groups is 1. The van der Waals surface area contributed by atoms with E-state index in [2.05, 4.69) is 5.10 Å². The van der Waals surface area contributed by atoms with Crippen LogP contribution in [0.15, 0.2) is 29.4 Å². The summed E-state index contributed by atoms with van der Waals surface area (Å²) in [5.41, 5.74) is -2.76. The Hall–Kier alpha value is -2.60. The Morgan fingerprint density at radius 3 is 2.67 bits per heavy atom. The minimum atomic E-state index is -5.04. The molecule has 2 aliphatic rings. The van der Waals surface area contributed by atoms with E-state index in [9.17, 15) is 23.1 Å². The number of hydrogen-bond donors (Lipinski definition) is 1. The fourth-order valence-corrected chi connectivity index (χ4v) is 3.47. The third-order valence-corrected chi connectivity index (χ3v) is 4.86. The Morgan fingerprint density at radius 2 is 2.04 bits per heavy atom. The van der Waals surface area contributed by atoms with Gasteiger partial charge in [0.25, 0.3) is 11.6 Å². The van der Waals surface area contributed by atoms with E-state index in [-0.39, 0.29) is 22.9 Å². The minimum absolute atomic E-state index is 0.120. The molecule has 0 unspecified atom stereocenters. The van der Waals surface area contributed by atoms with Crippen LogP contribution in [0.5, 0.6) is 5.75 Å². The molecule has 9 heteroatoms. The summed E-state index contributed by atoms with van der Waals surface area (Å²) < 4.78 is 46.4. The number of halogens is 3. The molecule has 2 atom stereocenters. The van der Waals surface area contributed by atoms with Gasteiger partial charge in [0, 0.05) is 5.71 Å². The number of carbonyl (C=O) groups excluding carboxylic acids is 1. The fraction of sp³-hybridized carbons (Fsp3) is 0.500. The van der Waals surface area contributed by atoms with Crippen LogP contribution < -0.4 is 4.74 Å². The summed E-state index contributed by atoms with van der Waals surface area (Å²) in [7, 11) is 0. The normalized spacial score (nSPS) is 25.2. The zero-order chi connectivity index (χ0) is 19.7. The molecule has 1 heterocycles. The van der Waals surface area contributed by atoms with E-state index in [1.807, 2.05) is 6.07 Å². The van der Waals surface area contributed by atoms with Gasteiger partial charge in [0.15, 0.2) is 6.61 Å². The van der Waals surface area contributed by atoms with Crippen molar-refractivity contribution in [2.75, 3.05) is 6.61 Å². The summed E-state index contributed by atoms with van der Waals surface area (Å²) in [4.78, 5) is 12.4. The Balaban J connectivity index is 1.79. The minimum Gasteiger partial charge on any atom is -0.484 e. The van der Waals surface area contributed by atoms with Gasteiger partial charge in [-0.1, -0.05) is 12.8 Å². The average Bonchev–Trinajstić information content (AvgIpc) is 2.79. The number of carbonyl (C=O) groups is 1. The summed E-state index contributed by atoms with van der Waals surface area (Å²) in [5.74, 6) is -2.11. The van der Waals surface area contributed by atoms with Crippen LogP contribution in [0.1, 0.15) is 37.7 Å². The monoisotopic (exact) mass is 381 g/mol. The lowest BCUT2D eigenvalue weighted by atomic mass is 9.87. The van der Waals surface area contributed by atoms with Crippen LogP contribution in [0.25, 0.3) is 0 Å². The highest BCUT2D eigenvalue weighted by atomic mass is 19.4. The molecule has 0 radical (unpaired) electrons. The van der Waals surface area contributed by atoms with Crippen LogP contribution in [-0.2, 0) is 4.79 Å². The topological polar surface area (TPSA) is 85.9 Å². The molecule has 3 rings (SSSR count). The maximum atomic E-state index is 13.7. The molecule has 1 aliphatic heterocycles. The molecule has 1 aromatic rings.